The summed E-state index contributed by atoms with van der Waals surface area (Å²) in [7, 11) is 0. The zero-order chi connectivity index (χ0) is 20.1. The molecule has 3 aliphatic rings. The number of carbonyl (C=O) groups is 3. The van der Waals surface area contributed by atoms with Crippen LogP contribution in [0, 0.1) is 21.7 Å². The van der Waals surface area contributed by atoms with Gasteiger partial charge in [-0.05, 0) is 17.3 Å². The lowest BCUT2D eigenvalue weighted by Crippen LogP contribution is -2.61. The molecule has 3 rings (SSSR count). The smallest absolute Gasteiger partial charge is 0.471 e. The second-order valence-corrected chi connectivity index (χ2v) is 9.33. The highest BCUT2D eigenvalue weighted by atomic mass is 19.4. The zero-order valence-electron chi connectivity index (χ0n) is 15.3. The van der Waals surface area contributed by atoms with Crippen molar-refractivity contribution >= 4 is 17.8 Å². The van der Waals surface area contributed by atoms with Crippen molar-refractivity contribution in [3.8, 4) is 0 Å². The van der Waals surface area contributed by atoms with Crippen LogP contribution in [0.2, 0.25) is 0 Å². The molecule has 6 nitrogen and oxygen atoms in total. The van der Waals surface area contributed by atoms with Crippen LogP contribution in [0.5, 0.6) is 0 Å². The maximum absolute atomic E-state index is 13.0. The Kier molecular flexibility index (Phi) is 3.45. The summed E-state index contributed by atoms with van der Waals surface area (Å²) in [4.78, 5) is 37.4. The molecule has 0 radical (unpaired) electrons. The molecule has 0 spiro atoms. The number of nitrogens with one attached hydrogen (secondary N) is 1. The largest absolute Gasteiger partial charge is 0.480 e. The van der Waals surface area contributed by atoms with E-state index in [4.69, 9.17) is 0 Å². The van der Waals surface area contributed by atoms with E-state index in [0.29, 0.717) is 6.42 Å². The lowest BCUT2D eigenvalue weighted by molar-refractivity contribution is -0.176. The summed E-state index contributed by atoms with van der Waals surface area (Å²) in [6, 6.07) is -2.54. The molecule has 9 heteroatoms. The average Bonchev–Trinajstić information content (AvgIpc) is 3.16. The number of likely N-dealkylation sites (tertiary alicyclic amines) is 1. The maximum atomic E-state index is 13.0. The monoisotopic (exact) mass is 376 g/mol. The summed E-state index contributed by atoms with van der Waals surface area (Å²) < 4.78 is 38.0. The number of piperidine rings is 2. The van der Waals surface area contributed by atoms with Crippen molar-refractivity contribution in [1.82, 2.24) is 10.2 Å². The van der Waals surface area contributed by atoms with Gasteiger partial charge in [-0.2, -0.15) is 13.2 Å². The highest BCUT2D eigenvalue weighted by molar-refractivity contribution is 5.94. The lowest BCUT2D eigenvalue weighted by atomic mass is 9.79. The number of alkyl halides is 3. The predicted octanol–water partition coefficient (Wildman–Crippen LogP) is 1.79. The number of halogens is 3. The van der Waals surface area contributed by atoms with Gasteiger partial charge in [0, 0.05) is 17.4 Å². The minimum Gasteiger partial charge on any atom is -0.480 e. The van der Waals surface area contributed by atoms with E-state index in [1.54, 1.807) is 5.32 Å². The molecule has 1 heterocycles. The molecule has 26 heavy (non-hydrogen) atoms. The Morgan fingerprint density at radius 2 is 1.73 bits per heavy atom. The molecule has 146 valence electrons. The topological polar surface area (TPSA) is 86.7 Å². The SMILES string of the molecule is CC(C)(C)[C@H](NC(=O)C(F)(F)F)C(=O)N1CC23CC2([C@H]1C(=O)O)C3(C)C. The van der Waals surface area contributed by atoms with Crippen molar-refractivity contribution < 1.29 is 32.7 Å². The summed E-state index contributed by atoms with van der Waals surface area (Å²) in [6.07, 6.45) is -4.41. The van der Waals surface area contributed by atoms with Crippen LogP contribution < -0.4 is 5.32 Å². The summed E-state index contributed by atoms with van der Waals surface area (Å²) in [5.41, 5.74) is -1.98. The molecule has 0 aromatic rings. The van der Waals surface area contributed by atoms with Gasteiger partial charge in [-0.25, -0.2) is 4.79 Å². The van der Waals surface area contributed by atoms with Gasteiger partial charge in [0.2, 0.25) is 5.91 Å². The molecule has 1 aliphatic heterocycles. The molecule has 2 saturated carbocycles. The molecule has 3 fully saturated rings. The van der Waals surface area contributed by atoms with Crippen LogP contribution in [0.3, 0.4) is 0 Å². The molecule has 2 unspecified atom stereocenters. The van der Waals surface area contributed by atoms with Crippen LogP contribution in [0.4, 0.5) is 13.2 Å². The van der Waals surface area contributed by atoms with E-state index in [-0.39, 0.29) is 17.4 Å². The van der Waals surface area contributed by atoms with Crippen molar-refractivity contribution in [1.29, 1.82) is 0 Å². The number of hydrogen-bond donors (Lipinski definition) is 2. The Bertz CT molecular complexity index is 712. The summed E-state index contributed by atoms with van der Waals surface area (Å²) in [5, 5.41) is 11.4. The Morgan fingerprint density at radius 1 is 1.19 bits per heavy atom. The number of hydrogen-bond acceptors (Lipinski definition) is 3. The van der Waals surface area contributed by atoms with Crippen LogP contribution >= 0.6 is 0 Å². The number of aliphatic carboxylic acids is 1. The van der Waals surface area contributed by atoms with E-state index >= 15 is 0 Å². The average molecular weight is 376 g/mol. The van der Waals surface area contributed by atoms with Crippen LogP contribution in [-0.2, 0) is 14.4 Å². The quantitative estimate of drug-likeness (QED) is 0.786. The minimum absolute atomic E-state index is 0.199. The first kappa shape index (κ1) is 19.0. The van der Waals surface area contributed by atoms with E-state index in [1.807, 2.05) is 13.8 Å². The number of carboxylic acid groups (broad SMARTS) is 1. The summed E-state index contributed by atoms with van der Waals surface area (Å²) >= 11 is 0. The Balaban J connectivity index is 1.87. The second-order valence-electron chi connectivity index (χ2n) is 9.33. The molecule has 2 aliphatic carbocycles. The molecular weight excluding hydrogens is 353 g/mol. The molecule has 0 aromatic heterocycles. The maximum Gasteiger partial charge on any atom is 0.471 e. The van der Waals surface area contributed by atoms with Crippen molar-refractivity contribution in [3.05, 3.63) is 0 Å². The first-order valence-electron chi connectivity index (χ1n) is 8.45. The van der Waals surface area contributed by atoms with Crippen LogP contribution in [0.1, 0.15) is 41.0 Å². The molecule has 0 aromatic carbocycles. The first-order chi connectivity index (χ1) is 11.5. The molecule has 4 atom stereocenters. The third kappa shape index (κ3) is 2.02. The number of carbonyl (C=O) groups excluding carboxylic acids is 2. The van der Waals surface area contributed by atoms with Crippen molar-refractivity contribution in [2.75, 3.05) is 6.54 Å². The van der Waals surface area contributed by atoms with E-state index in [1.165, 1.54) is 20.8 Å². The second kappa shape index (κ2) is 4.72. The highest BCUT2D eigenvalue weighted by Crippen LogP contribution is 3.00. The molecule has 1 saturated heterocycles. The minimum atomic E-state index is -5.12. The molecule has 2 amide bonds. The zero-order valence-corrected chi connectivity index (χ0v) is 15.3. The van der Waals surface area contributed by atoms with Gasteiger partial charge in [0.05, 0.1) is 0 Å². The van der Waals surface area contributed by atoms with E-state index in [9.17, 15) is 32.7 Å². The number of amides is 2. The van der Waals surface area contributed by atoms with Gasteiger partial charge in [0.25, 0.3) is 0 Å². The van der Waals surface area contributed by atoms with Crippen molar-refractivity contribution in [2.24, 2.45) is 21.7 Å². The van der Waals surface area contributed by atoms with Gasteiger partial charge < -0.3 is 15.3 Å². The van der Waals surface area contributed by atoms with Crippen molar-refractivity contribution in [2.45, 2.75) is 59.3 Å². The van der Waals surface area contributed by atoms with E-state index in [0.717, 1.165) is 4.90 Å². The number of rotatable bonds is 3. The highest BCUT2D eigenvalue weighted by Gasteiger charge is 3.02. The standard InChI is InChI=1S/C17H23F3N2O4/c1-13(2,3)8(21-12(26)17(18,19)20)10(23)22-7-15-6-16(15,14(15,4)5)9(22)11(24)25/h8-9H,6-7H2,1-5H3,(H,21,26)(H,24,25)/t8-,9-,15?,16?/m1/s1. The molecular formula is C17H23F3N2O4. The third-order valence-electron chi connectivity index (χ3n) is 6.94. The van der Waals surface area contributed by atoms with Gasteiger partial charge in [-0.15, -0.1) is 0 Å². The fourth-order valence-electron chi connectivity index (χ4n) is 5.28. The fourth-order valence-corrected chi connectivity index (χ4v) is 5.28. The Hall–Kier alpha value is -1.80. The van der Waals surface area contributed by atoms with Gasteiger partial charge in [0.15, 0.2) is 0 Å². The molecule has 0 bridgehead atoms. The lowest BCUT2D eigenvalue weighted by Gasteiger charge is -2.41. The summed E-state index contributed by atoms with van der Waals surface area (Å²) in [6.45, 7) is 8.70. The van der Waals surface area contributed by atoms with E-state index in [2.05, 4.69) is 0 Å². The van der Waals surface area contributed by atoms with Crippen LogP contribution in [0.25, 0.3) is 0 Å². The Morgan fingerprint density at radius 3 is 2.12 bits per heavy atom. The first-order valence-corrected chi connectivity index (χ1v) is 8.45. The van der Waals surface area contributed by atoms with Crippen LogP contribution in [-0.4, -0.2) is 52.6 Å². The fraction of sp³-hybridized carbons (Fsp3) is 0.824. The van der Waals surface area contributed by atoms with Crippen molar-refractivity contribution in [3.63, 3.8) is 0 Å². The normalized spacial score (nSPS) is 35.2. The van der Waals surface area contributed by atoms with E-state index < -0.39 is 46.9 Å². The molecule has 2 N–H and O–H groups in total. The summed E-state index contributed by atoms with van der Waals surface area (Å²) in [5.74, 6) is -4.13. The predicted molar refractivity (Wildman–Crippen MR) is 83.8 cm³/mol. The van der Waals surface area contributed by atoms with Gasteiger partial charge in [-0.1, -0.05) is 34.6 Å². The Labute approximate surface area is 149 Å². The number of nitrogens with zero attached hydrogens (tertiary/aromatic N) is 1. The van der Waals surface area contributed by atoms with Gasteiger partial charge in [0.1, 0.15) is 12.1 Å². The van der Waals surface area contributed by atoms with Gasteiger partial charge in [-0.3, -0.25) is 9.59 Å². The number of carboxylic acids is 1. The third-order valence-corrected chi connectivity index (χ3v) is 6.94. The van der Waals surface area contributed by atoms with Gasteiger partial charge >= 0.3 is 18.1 Å². The van der Waals surface area contributed by atoms with Crippen LogP contribution in [0.15, 0.2) is 0 Å².